The fourth-order valence-electron chi connectivity index (χ4n) is 2.24. The van der Waals surface area contributed by atoms with Gasteiger partial charge in [0.05, 0.1) is 17.0 Å². The average Bonchev–Trinajstić information content (AvgIpc) is 2.79. The number of nitrogens with one attached hydrogen (secondary N) is 1. The molecule has 0 atom stereocenters. The Balaban J connectivity index is 2.28. The highest BCUT2D eigenvalue weighted by atomic mass is 32.1. The van der Waals surface area contributed by atoms with Crippen molar-refractivity contribution in [2.24, 2.45) is 12.8 Å². The maximum atomic E-state index is 5.82. The zero-order valence-corrected chi connectivity index (χ0v) is 13.6. The van der Waals surface area contributed by atoms with Crippen molar-refractivity contribution in [2.75, 3.05) is 5.32 Å². The molecule has 7 heteroatoms. The number of thiocarbonyl (C=S) groups is 1. The lowest BCUT2D eigenvalue weighted by atomic mass is 10.1. The standard InChI is InChI=1S/C14H20N6S/c1-5-11-10(7-20(4)19-11)6-16-14-12(13(15)21)8(2)9(3)17-18-14/h7H,5-6H2,1-4H3,(H2,15,21)(H,16,18). The number of nitrogens with zero attached hydrogens (tertiary/aromatic N) is 4. The maximum Gasteiger partial charge on any atom is 0.159 e. The minimum Gasteiger partial charge on any atom is -0.389 e. The van der Waals surface area contributed by atoms with E-state index in [9.17, 15) is 0 Å². The van der Waals surface area contributed by atoms with Crippen molar-refractivity contribution in [3.05, 3.63) is 34.3 Å². The third-order valence-electron chi connectivity index (χ3n) is 3.47. The summed E-state index contributed by atoms with van der Waals surface area (Å²) >= 11 is 5.13. The highest BCUT2D eigenvalue weighted by Crippen LogP contribution is 2.19. The quantitative estimate of drug-likeness (QED) is 0.817. The molecule has 2 rings (SSSR count). The van der Waals surface area contributed by atoms with Crippen LogP contribution in [0.3, 0.4) is 0 Å². The van der Waals surface area contributed by atoms with Crippen molar-refractivity contribution < 1.29 is 0 Å². The Morgan fingerprint density at radius 3 is 2.71 bits per heavy atom. The molecule has 0 aliphatic rings. The normalized spacial score (nSPS) is 10.7. The van der Waals surface area contributed by atoms with Gasteiger partial charge in [-0.3, -0.25) is 4.68 Å². The summed E-state index contributed by atoms with van der Waals surface area (Å²) < 4.78 is 1.82. The molecule has 0 spiro atoms. The topological polar surface area (TPSA) is 81.7 Å². The van der Waals surface area contributed by atoms with Gasteiger partial charge in [-0.2, -0.15) is 10.2 Å². The Hall–Kier alpha value is -2.02. The van der Waals surface area contributed by atoms with Crippen LogP contribution in [0, 0.1) is 13.8 Å². The summed E-state index contributed by atoms with van der Waals surface area (Å²) in [6.45, 7) is 6.54. The van der Waals surface area contributed by atoms with E-state index in [-0.39, 0.29) is 0 Å². The third kappa shape index (κ3) is 3.18. The zero-order chi connectivity index (χ0) is 15.6. The molecule has 6 nitrogen and oxygen atoms in total. The SMILES string of the molecule is CCc1nn(C)cc1CNc1nnc(C)c(C)c1C(N)=S. The molecule has 0 aromatic carbocycles. The number of anilines is 1. The van der Waals surface area contributed by atoms with Gasteiger partial charge in [-0.1, -0.05) is 19.1 Å². The zero-order valence-electron chi connectivity index (χ0n) is 12.8. The molecule has 0 radical (unpaired) electrons. The number of nitrogens with two attached hydrogens (primary N) is 1. The minimum absolute atomic E-state index is 0.329. The van der Waals surface area contributed by atoms with Crippen molar-refractivity contribution in [1.82, 2.24) is 20.0 Å². The van der Waals surface area contributed by atoms with Crippen molar-refractivity contribution in [3.63, 3.8) is 0 Å². The highest BCUT2D eigenvalue weighted by molar-refractivity contribution is 7.80. The number of aryl methyl sites for hydroxylation is 3. The molecule has 0 amide bonds. The van der Waals surface area contributed by atoms with Crippen molar-refractivity contribution in [1.29, 1.82) is 0 Å². The number of hydrogen-bond acceptors (Lipinski definition) is 5. The monoisotopic (exact) mass is 304 g/mol. The van der Waals surface area contributed by atoms with Crippen LogP contribution in [0.2, 0.25) is 0 Å². The first-order valence-electron chi connectivity index (χ1n) is 6.83. The molecule has 21 heavy (non-hydrogen) atoms. The highest BCUT2D eigenvalue weighted by Gasteiger charge is 2.14. The largest absolute Gasteiger partial charge is 0.389 e. The molecule has 2 aromatic rings. The second-order valence-electron chi connectivity index (χ2n) is 4.98. The molecule has 0 bridgehead atoms. The molecule has 2 aromatic heterocycles. The van der Waals surface area contributed by atoms with Crippen LogP contribution in [0.1, 0.15) is 35.0 Å². The minimum atomic E-state index is 0.329. The smallest absolute Gasteiger partial charge is 0.159 e. The fourth-order valence-corrected chi connectivity index (χ4v) is 2.49. The van der Waals surface area contributed by atoms with E-state index in [1.165, 1.54) is 0 Å². The van der Waals surface area contributed by atoms with Gasteiger partial charge in [0.25, 0.3) is 0 Å². The number of hydrogen-bond donors (Lipinski definition) is 2. The molecule has 0 unspecified atom stereocenters. The van der Waals surface area contributed by atoms with Gasteiger partial charge in [0.1, 0.15) is 4.99 Å². The van der Waals surface area contributed by atoms with Crippen LogP contribution in [0.5, 0.6) is 0 Å². The molecular formula is C14H20N6S. The van der Waals surface area contributed by atoms with E-state index in [0.717, 1.165) is 34.5 Å². The van der Waals surface area contributed by atoms with Gasteiger partial charge in [-0.15, -0.1) is 5.10 Å². The summed E-state index contributed by atoms with van der Waals surface area (Å²) in [5.41, 5.74) is 10.6. The summed E-state index contributed by atoms with van der Waals surface area (Å²) in [6, 6.07) is 0. The van der Waals surface area contributed by atoms with Gasteiger partial charge in [-0.05, 0) is 25.8 Å². The first-order valence-corrected chi connectivity index (χ1v) is 7.23. The Kier molecular flexibility index (Phi) is 4.52. The van der Waals surface area contributed by atoms with E-state index in [2.05, 4.69) is 27.5 Å². The number of rotatable bonds is 5. The van der Waals surface area contributed by atoms with Gasteiger partial charge in [0.15, 0.2) is 5.82 Å². The maximum absolute atomic E-state index is 5.82. The second-order valence-corrected chi connectivity index (χ2v) is 5.42. The Labute approximate surface area is 129 Å². The van der Waals surface area contributed by atoms with Crippen LogP contribution in [-0.2, 0) is 20.0 Å². The fraction of sp³-hybridized carbons (Fsp3) is 0.429. The van der Waals surface area contributed by atoms with Gasteiger partial charge < -0.3 is 11.1 Å². The molecule has 112 valence electrons. The molecule has 0 aliphatic carbocycles. The van der Waals surface area contributed by atoms with E-state index in [1.54, 1.807) is 0 Å². The average molecular weight is 304 g/mol. The molecule has 0 aliphatic heterocycles. The van der Waals surface area contributed by atoms with Crippen molar-refractivity contribution >= 4 is 23.0 Å². The molecule has 3 N–H and O–H groups in total. The van der Waals surface area contributed by atoms with Crippen LogP contribution in [-0.4, -0.2) is 25.0 Å². The summed E-state index contributed by atoms with van der Waals surface area (Å²) in [7, 11) is 1.92. The van der Waals surface area contributed by atoms with Gasteiger partial charge in [0, 0.05) is 25.4 Å². The first-order chi connectivity index (χ1) is 9.93. The van der Waals surface area contributed by atoms with Crippen LogP contribution >= 0.6 is 12.2 Å². The number of aromatic nitrogens is 4. The lowest BCUT2D eigenvalue weighted by Crippen LogP contribution is -2.18. The lowest BCUT2D eigenvalue weighted by Gasteiger charge is -2.13. The summed E-state index contributed by atoms with van der Waals surface area (Å²) in [5.74, 6) is 0.622. The predicted molar refractivity (Wildman–Crippen MR) is 87.3 cm³/mol. The molecular weight excluding hydrogens is 284 g/mol. The van der Waals surface area contributed by atoms with Crippen LogP contribution in [0.25, 0.3) is 0 Å². The Bertz CT molecular complexity index is 676. The Morgan fingerprint density at radius 2 is 2.10 bits per heavy atom. The summed E-state index contributed by atoms with van der Waals surface area (Å²) in [5, 5.41) is 16.0. The molecule has 0 saturated heterocycles. The third-order valence-corrected chi connectivity index (χ3v) is 3.68. The van der Waals surface area contributed by atoms with E-state index in [4.69, 9.17) is 18.0 Å². The molecule has 2 heterocycles. The van der Waals surface area contributed by atoms with Gasteiger partial charge in [0.2, 0.25) is 0 Å². The van der Waals surface area contributed by atoms with E-state index in [1.807, 2.05) is 31.8 Å². The van der Waals surface area contributed by atoms with Crippen LogP contribution in [0.15, 0.2) is 6.20 Å². The van der Waals surface area contributed by atoms with E-state index >= 15 is 0 Å². The molecule has 0 fully saturated rings. The van der Waals surface area contributed by atoms with Crippen LogP contribution < -0.4 is 11.1 Å². The van der Waals surface area contributed by atoms with Crippen molar-refractivity contribution in [2.45, 2.75) is 33.7 Å². The predicted octanol–water partition coefficient (Wildman–Crippen LogP) is 1.64. The van der Waals surface area contributed by atoms with Gasteiger partial charge >= 0.3 is 0 Å². The summed E-state index contributed by atoms with van der Waals surface area (Å²) in [4.78, 5) is 0.329. The van der Waals surface area contributed by atoms with E-state index < -0.39 is 0 Å². The van der Waals surface area contributed by atoms with Crippen molar-refractivity contribution in [3.8, 4) is 0 Å². The second kappa shape index (κ2) is 6.17. The van der Waals surface area contributed by atoms with Crippen LogP contribution in [0.4, 0.5) is 5.82 Å². The summed E-state index contributed by atoms with van der Waals surface area (Å²) in [6.07, 6.45) is 2.89. The first kappa shape index (κ1) is 15.4. The Morgan fingerprint density at radius 1 is 1.38 bits per heavy atom. The van der Waals surface area contributed by atoms with Gasteiger partial charge in [-0.25, -0.2) is 0 Å². The molecule has 0 saturated carbocycles. The lowest BCUT2D eigenvalue weighted by molar-refractivity contribution is 0.746. The van der Waals surface area contributed by atoms with E-state index in [0.29, 0.717) is 17.4 Å².